The third-order valence-corrected chi connectivity index (χ3v) is 7.36. The molecule has 158 valence electrons. The monoisotopic (exact) mass is 442 g/mol. The maximum Gasteiger partial charge on any atom is 0.254 e. The molecule has 0 aliphatic heterocycles. The Hall–Kier alpha value is -1.97. The van der Waals surface area contributed by atoms with Crippen LogP contribution in [0.2, 0.25) is 0 Å². The van der Waals surface area contributed by atoms with E-state index in [4.69, 9.17) is 0 Å². The molecule has 0 spiro atoms. The Labute approximate surface area is 174 Å². The first-order chi connectivity index (χ1) is 13.8. The van der Waals surface area contributed by atoms with Gasteiger partial charge in [-0.05, 0) is 54.6 Å². The molecule has 0 saturated heterocycles. The molecule has 0 atom stereocenters. The van der Waals surface area contributed by atoms with Gasteiger partial charge in [-0.15, -0.1) is 11.8 Å². The zero-order valence-corrected chi connectivity index (χ0v) is 18.0. The number of hydrogen-bond acceptors (Lipinski definition) is 4. The van der Waals surface area contributed by atoms with Gasteiger partial charge < -0.3 is 5.32 Å². The summed E-state index contributed by atoms with van der Waals surface area (Å²) in [6.45, 7) is 4.29. The molecule has 0 heterocycles. The van der Waals surface area contributed by atoms with E-state index >= 15 is 0 Å². The third kappa shape index (κ3) is 6.25. The first kappa shape index (κ1) is 23.3. The zero-order valence-electron chi connectivity index (χ0n) is 16.3. The highest BCUT2D eigenvalue weighted by Crippen LogP contribution is 2.20. The topological polar surface area (TPSA) is 66.5 Å². The van der Waals surface area contributed by atoms with Gasteiger partial charge in [-0.2, -0.15) is 4.31 Å². The van der Waals surface area contributed by atoms with E-state index in [2.05, 4.69) is 5.32 Å². The summed E-state index contributed by atoms with van der Waals surface area (Å²) in [5.74, 6) is -1.05. The molecule has 29 heavy (non-hydrogen) atoms. The lowest BCUT2D eigenvalue weighted by molar-refractivity contribution is 0.0949. The highest BCUT2D eigenvalue weighted by molar-refractivity contribution is 7.99. The van der Waals surface area contributed by atoms with E-state index < -0.39 is 21.7 Å². The SMILES string of the molecule is CCN(CC)S(=O)(=O)c1ccc(F)c(C(=O)NCCCSc2ccc(F)cc2)c1. The summed E-state index contributed by atoms with van der Waals surface area (Å²) in [5.41, 5.74) is -0.301. The smallest absolute Gasteiger partial charge is 0.254 e. The van der Waals surface area contributed by atoms with Crippen LogP contribution >= 0.6 is 11.8 Å². The van der Waals surface area contributed by atoms with Crippen molar-refractivity contribution in [2.75, 3.05) is 25.4 Å². The van der Waals surface area contributed by atoms with Crippen LogP contribution in [0, 0.1) is 11.6 Å². The fourth-order valence-corrected chi connectivity index (χ4v) is 4.98. The molecule has 9 heteroatoms. The summed E-state index contributed by atoms with van der Waals surface area (Å²) in [6, 6.07) is 9.35. The zero-order chi connectivity index (χ0) is 21.4. The van der Waals surface area contributed by atoms with Crippen LogP contribution in [-0.4, -0.2) is 44.0 Å². The van der Waals surface area contributed by atoms with Gasteiger partial charge in [-0.25, -0.2) is 17.2 Å². The maximum atomic E-state index is 14.1. The summed E-state index contributed by atoms with van der Waals surface area (Å²) >= 11 is 1.52. The normalized spacial score (nSPS) is 11.6. The molecular weight excluding hydrogens is 418 g/mol. The molecule has 0 aliphatic carbocycles. The van der Waals surface area contributed by atoms with Crippen molar-refractivity contribution in [3.05, 3.63) is 59.7 Å². The van der Waals surface area contributed by atoms with Crippen molar-refractivity contribution in [2.24, 2.45) is 0 Å². The molecule has 2 aromatic carbocycles. The second kappa shape index (κ2) is 10.7. The first-order valence-electron chi connectivity index (χ1n) is 9.25. The number of nitrogens with one attached hydrogen (secondary N) is 1. The van der Waals surface area contributed by atoms with Crippen LogP contribution in [0.15, 0.2) is 52.3 Å². The number of halogens is 2. The largest absolute Gasteiger partial charge is 0.352 e. The summed E-state index contributed by atoms with van der Waals surface area (Å²) < 4.78 is 53.4. The van der Waals surface area contributed by atoms with Crippen LogP contribution in [-0.2, 0) is 10.0 Å². The summed E-state index contributed by atoms with van der Waals surface area (Å²) in [4.78, 5) is 13.1. The molecular formula is C20H24F2N2O3S2. The van der Waals surface area contributed by atoms with Crippen LogP contribution in [0.4, 0.5) is 8.78 Å². The molecule has 0 aromatic heterocycles. The van der Waals surface area contributed by atoms with Gasteiger partial charge >= 0.3 is 0 Å². The van der Waals surface area contributed by atoms with Gasteiger partial charge in [-0.3, -0.25) is 4.79 Å². The van der Waals surface area contributed by atoms with E-state index in [1.165, 1.54) is 34.3 Å². The van der Waals surface area contributed by atoms with Crippen molar-refractivity contribution in [1.29, 1.82) is 0 Å². The van der Waals surface area contributed by atoms with Crippen molar-refractivity contribution in [3.8, 4) is 0 Å². The van der Waals surface area contributed by atoms with Crippen LogP contribution in [0.3, 0.4) is 0 Å². The van der Waals surface area contributed by atoms with Gasteiger partial charge in [-0.1, -0.05) is 13.8 Å². The van der Waals surface area contributed by atoms with E-state index in [9.17, 15) is 22.0 Å². The Kier molecular flexibility index (Phi) is 8.60. The third-order valence-electron chi connectivity index (χ3n) is 4.21. The van der Waals surface area contributed by atoms with Gasteiger partial charge in [0.2, 0.25) is 10.0 Å². The predicted molar refractivity (Wildman–Crippen MR) is 111 cm³/mol. The lowest BCUT2D eigenvalue weighted by atomic mass is 10.2. The molecule has 5 nitrogen and oxygen atoms in total. The van der Waals surface area contributed by atoms with Crippen molar-refractivity contribution >= 4 is 27.7 Å². The van der Waals surface area contributed by atoms with Gasteiger partial charge in [0.15, 0.2) is 0 Å². The minimum atomic E-state index is -3.78. The number of thioether (sulfide) groups is 1. The van der Waals surface area contributed by atoms with Crippen LogP contribution in [0.25, 0.3) is 0 Å². The van der Waals surface area contributed by atoms with Crippen molar-refractivity contribution in [1.82, 2.24) is 9.62 Å². The highest BCUT2D eigenvalue weighted by Gasteiger charge is 2.24. The van der Waals surface area contributed by atoms with Crippen LogP contribution in [0.5, 0.6) is 0 Å². The Morgan fingerprint density at radius 1 is 1.07 bits per heavy atom. The van der Waals surface area contributed by atoms with Crippen molar-refractivity contribution < 1.29 is 22.0 Å². The van der Waals surface area contributed by atoms with Crippen molar-refractivity contribution in [2.45, 2.75) is 30.1 Å². The molecule has 0 aliphatic rings. The first-order valence-corrected chi connectivity index (χ1v) is 11.7. The standard InChI is InChI=1S/C20H24F2N2O3S2/c1-3-24(4-2)29(26,27)17-10-11-19(22)18(14-17)20(25)23-12-5-13-28-16-8-6-15(21)7-9-16/h6-11,14H,3-5,12-13H2,1-2H3,(H,23,25). The molecule has 0 unspecified atom stereocenters. The average molecular weight is 443 g/mol. The highest BCUT2D eigenvalue weighted by atomic mass is 32.2. The van der Waals surface area contributed by atoms with E-state index in [1.54, 1.807) is 26.0 Å². The molecule has 0 fully saturated rings. The Balaban J connectivity index is 1.95. The Morgan fingerprint density at radius 3 is 2.34 bits per heavy atom. The van der Waals surface area contributed by atoms with Gasteiger partial charge in [0, 0.05) is 24.5 Å². The molecule has 1 N–H and O–H groups in total. The Morgan fingerprint density at radius 2 is 1.72 bits per heavy atom. The predicted octanol–water partition coefficient (Wildman–Crippen LogP) is 3.91. The lowest BCUT2D eigenvalue weighted by Crippen LogP contribution is -2.31. The van der Waals surface area contributed by atoms with Crippen LogP contribution < -0.4 is 5.32 Å². The number of amides is 1. The number of carbonyl (C=O) groups excluding carboxylic acids is 1. The minimum Gasteiger partial charge on any atom is -0.352 e. The lowest BCUT2D eigenvalue weighted by Gasteiger charge is -2.19. The van der Waals surface area contributed by atoms with E-state index in [1.807, 2.05) is 0 Å². The molecule has 0 radical (unpaired) electrons. The molecule has 1 amide bonds. The number of carbonyl (C=O) groups is 1. The van der Waals surface area contributed by atoms with Crippen LogP contribution in [0.1, 0.15) is 30.6 Å². The van der Waals surface area contributed by atoms with Gasteiger partial charge in [0.05, 0.1) is 10.5 Å². The fraction of sp³-hybridized carbons (Fsp3) is 0.350. The summed E-state index contributed by atoms with van der Waals surface area (Å²) in [7, 11) is -3.78. The van der Waals surface area contributed by atoms with Gasteiger partial charge in [0.25, 0.3) is 5.91 Å². The van der Waals surface area contributed by atoms with E-state index in [0.717, 1.165) is 17.0 Å². The molecule has 0 bridgehead atoms. The summed E-state index contributed by atoms with van der Waals surface area (Å²) in [5, 5.41) is 2.61. The number of hydrogen-bond donors (Lipinski definition) is 1. The van der Waals surface area contributed by atoms with Crippen molar-refractivity contribution in [3.63, 3.8) is 0 Å². The van der Waals surface area contributed by atoms with Gasteiger partial charge in [0.1, 0.15) is 11.6 Å². The molecule has 2 aromatic rings. The van der Waals surface area contributed by atoms with E-state index in [-0.39, 0.29) is 29.4 Å². The second-order valence-corrected chi connectivity index (χ2v) is 9.25. The number of benzene rings is 2. The molecule has 2 rings (SSSR count). The average Bonchev–Trinajstić information content (AvgIpc) is 2.70. The quantitative estimate of drug-likeness (QED) is 0.448. The minimum absolute atomic E-state index is 0.111. The Bertz CT molecular complexity index is 931. The summed E-state index contributed by atoms with van der Waals surface area (Å²) in [6.07, 6.45) is 0.618. The second-order valence-electron chi connectivity index (χ2n) is 6.14. The van der Waals surface area contributed by atoms with E-state index in [0.29, 0.717) is 18.7 Å². The molecule has 0 saturated carbocycles. The fourth-order valence-electron chi connectivity index (χ4n) is 2.64. The number of sulfonamides is 1. The number of rotatable bonds is 10. The maximum absolute atomic E-state index is 14.1. The number of nitrogens with zero attached hydrogens (tertiary/aromatic N) is 1.